The number of aryl methyl sites for hydroxylation is 1. The van der Waals surface area contributed by atoms with Gasteiger partial charge in [-0.1, -0.05) is 63.6 Å². The Hall–Kier alpha value is -1.51. The van der Waals surface area contributed by atoms with Gasteiger partial charge in [-0.3, -0.25) is 0 Å². The minimum atomic E-state index is -0.389. The third-order valence-electron chi connectivity index (χ3n) is 1.54. The predicted molar refractivity (Wildman–Crippen MR) is 89.2 cm³/mol. The summed E-state index contributed by atoms with van der Waals surface area (Å²) in [6, 6.07) is 10.3. The molecule has 20 heavy (non-hydrogen) atoms. The summed E-state index contributed by atoms with van der Waals surface area (Å²) in [5, 5.41) is 2.36. The van der Waals surface area contributed by atoms with Crippen molar-refractivity contribution in [3.63, 3.8) is 0 Å². The van der Waals surface area contributed by atoms with Crippen molar-refractivity contribution in [3.05, 3.63) is 35.9 Å². The lowest BCUT2D eigenvalue weighted by Gasteiger charge is -2.18. The second kappa shape index (κ2) is 15.5. The standard InChI is InChI=1S/C7H8.C6H13NO2.2C2H6/c1-7-5-3-2-4-6-7;1-6(2,3)9-5(8)7-4;2*1-2/h2-6H,1H3;1-4H3,(H,7,8);2*1-2H3. The third-order valence-corrected chi connectivity index (χ3v) is 1.54. The molecule has 3 heteroatoms. The number of hydrogen-bond acceptors (Lipinski definition) is 2. The number of alkyl carbamates (subject to hydrolysis) is 1. The summed E-state index contributed by atoms with van der Waals surface area (Å²) in [6.07, 6.45) is -0.387. The summed E-state index contributed by atoms with van der Waals surface area (Å²) in [7, 11) is 1.54. The minimum absolute atomic E-state index is 0.387. The molecule has 0 saturated heterocycles. The van der Waals surface area contributed by atoms with E-state index in [1.54, 1.807) is 0 Å². The third kappa shape index (κ3) is 21.7. The van der Waals surface area contributed by atoms with E-state index in [4.69, 9.17) is 4.74 Å². The lowest BCUT2D eigenvalue weighted by atomic mass is 10.2. The van der Waals surface area contributed by atoms with Gasteiger partial charge in [-0.15, -0.1) is 0 Å². The van der Waals surface area contributed by atoms with Gasteiger partial charge in [0.15, 0.2) is 0 Å². The molecule has 0 aliphatic heterocycles. The van der Waals surface area contributed by atoms with Gasteiger partial charge in [-0.05, 0) is 27.7 Å². The number of rotatable bonds is 0. The molecular formula is C17H33NO2. The van der Waals surface area contributed by atoms with E-state index in [0.29, 0.717) is 0 Å². The zero-order valence-electron chi connectivity index (χ0n) is 14.7. The van der Waals surface area contributed by atoms with Gasteiger partial charge in [0, 0.05) is 7.05 Å². The molecule has 0 aromatic heterocycles. The maximum Gasteiger partial charge on any atom is 0.407 e. The monoisotopic (exact) mass is 283 g/mol. The van der Waals surface area contributed by atoms with E-state index >= 15 is 0 Å². The number of nitrogens with one attached hydrogen (secondary N) is 1. The van der Waals surface area contributed by atoms with E-state index in [2.05, 4.69) is 24.4 Å². The summed E-state index contributed by atoms with van der Waals surface area (Å²) in [4.78, 5) is 10.5. The van der Waals surface area contributed by atoms with Gasteiger partial charge in [0.2, 0.25) is 0 Å². The van der Waals surface area contributed by atoms with Crippen LogP contribution in [-0.4, -0.2) is 18.7 Å². The normalized spacial score (nSPS) is 8.45. The second-order valence-electron chi connectivity index (χ2n) is 4.41. The average molecular weight is 283 g/mol. The first-order valence-corrected chi connectivity index (χ1v) is 7.27. The molecule has 0 bridgehead atoms. The fourth-order valence-electron chi connectivity index (χ4n) is 0.864. The molecule has 0 spiro atoms. The Bertz CT molecular complexity index is 303. The Kier molecular flexibility index (Phi) is 18.3. The lowest BCUT2D eigenvalue weighted by Crippen LogP contribution is -2.30. The average Bonchev–Trinajstić information content (AvgIpc) is 2.43. The summed E-state index contributed by atoms with van der Waals surface area (Å²) < 4.78 is 4.84. The Morgan fingerprint density at radius 3 is 1.55 bits per heavy atom. The minimum Gasteiger partial charge on any atom is -0.444 e. The fourth-order valence-corrected chi connectivity index (χ4v) is 0.864. The van der Waals surface area contributed by atoms with E-state index in [-0.39, 0.29) is 11.7 Å². The fraction of sp³-hybridized carbons (Fsp3) is 0.588. The number of carbonyl (C=O) groups excluding carboxylic acids is 1. The van der Waals surface area contributed by atoms with Gasteiger partial charge in [0.1, 0.15) is 5.60 Å². The van der Waals surface area contributed by atoms with Crippen molar-refractivity contribution in [2.24, 2.45) is 0 Å². The zero-order chi connectivity index (χ0) is 16.6. The molecule has 3 nitrogen and oxygen atoms in total. The first-order valence-electron chi connectivity index (χ1n) is 7.27. The van der Waals surface area contributed by atoms with Crippen LogP contribution in [0.3, 0.4) is 0 Å². The smallest absolute Gasteiger partial charge is 0.407 e. The summed E-state index contributed by atoms with van der Waals surface area (Å²) >= 11 is 0. The molecule has 0 aliphatic rings. The quantitative estimate of drug-likeness (QED) is 0.711. The van der Waals surface area contributed by atoms with Crippen molar-refractivity contribution in [2.45, 2.75) is 61.0 Å². The molecule has 0 unspecified atom stereocenters. The van der Waals surface area contributed by atoms with Crippen LogP contribution in [0.15, 0.2) is 30.3 Å². The highest BCUT2D eigenvalue weighted by Crippen LogP contribution is 2.05. The van der Waals surface area contributed by atoms with Gasteiger partial charge in [-0.25, -0.2) is 4.79 Å². The first-order chi connectivity index (χ1) is 9.35. The SMILES string of the molecule is CC.CC.CNC(=O)OC(C)(C)C.Cc1ccccc1. The zero-order valence-corrected chi connectivity index (χ0v) is 14.7. The number of ether oxygens (including phenoxy) is 1. The van der Waals surface area contributed by atoms with Crippen LogP contribution >= 0.6 is 0 Å². The lowest BCUT2D eigenvalue weighted by molar-refractivity contribution is 0.0541. The van der Waals surface area contributed by atoms with Crippen molar-refractivity contribution >= 4 is 6.09 Å². The van der Waals surface area contributed by atoms with Crippen molar-refractivity contribution in [1.82, 2.24) is 5.32 Å². The highest BCUT2D eigenvalue weighted by atomic mass is 16.6. The molecule has 1 aromatic rings. The Labute approximate surface area is 125 Å². The van der Waals surface area contributed by atoms with Gasteiger partial charge in [0.05, 0.1) is 0 Å². The van der Waals surface area contributed by atoms with Crippen LogP contribution in [0.25, 0.3) is 0 Å². The van der Waals surface area contributed by atoms with Crippen LogP contribution in [0.2, 0.25) is 0 Å². The topological polar surface area (TPSA) is 38.3 Å². The summed E-state index contributed by atoms with van der Waals surface area (Å²) in [5.74, 6) is 0. The molecule has 1 rings (SSSR count). The summed E-state index contributed by atoms with van der Waals surface area (Å²) in [5.41, 5.74) is 0.933. The van der Waals surface area contributed by atoms with E-state index in [9.17, 15) is 4.79 Å². The number of hydrogen-bond donors (Lipinski definition) is 1. The number of benzene rings is 1. The second-order valence-corrected chi connectivity index (χ2v) is 4.41. The van der Waals surface area contributed by atoms with Crippen molar-refractivity contribution < 1.29 is 9.53 Å². The first kappa shape index (κ1) is 23.6. The van der Waals surface area contributed by atoms with Gasteiger partial charge < -0.3 is 10.1 Å². The maximum absolute atomic E-state index is 10.5. The van der Waals surface area contributed by atoms with E-state index in [1.165, 1.54) is 12.6 Å². The van der Waals surface area contributed by atoms with Crippen LogP contribution < -0.4 is 5.32 Å². The summed E-state index contributed by atoms with van der Waals surface area (Å²) in [6.45, 7) is 15.5. The van der Waals surface area contributed by atoms with Crippen LogP contribution in [0.4, 0.5) is 4.79 Å². The Balaban J connectivity index is -0.000000234. The highest BCUT2D eigenvalue weighted by molar-refractivity contribution is 5.67. The number of amides is 1. The molecule has 0 saturated carbocycles. The Morgan fingerprint density at radius 1 is 1.00 bits per heavy atom. The molecule has 0 radical (unpaired) electrons. The molecule has 0 atom stereocenters. The van der Waals surface area contributed by atoms with E-state index in [0.717, 1.165) is 0 Å². The molecular weight excluding hydrogens is 250 g/mol. The van der Waals surface area contributed by atoms with E-state index < -0.39 is 0 Å². The molecule has 1 aromatic carbocycles. The Morgan fingerprint density at radius 2 is 1.40 bits per heavy atom. The maximum atomic E-state index is 10.5. The predicted octanol–water partition coefficient (Wildman–Crippen LogP) is 5.19. The van der Waals surface area contributed by atoms with Gasteiger partial charge in [-0.2, -0.15) is 0 Å². The van der Waals surface area contributed by atoms with Gasteiger partial charge in [0.25, 0.3) is 0 Å². The molecule has 1 amide bonds. The van der Waals surface area contributed by atoms with Crippen LogP contribution in [-0.2, 0) is 4.74 Å². The molecule has 0 aliphatic carbocycles. The molecule has 1 N–H and O–H groups in total. The van der Waals surface area contributed by atoms with Crippen LogP contribution in [0.1, 0.15) is 54.0 Å². The van der Waals surface area contributed by atoms with Crippen LogP contribution in [0, 0.1) is 6.92 Å². The van der Waals surface area contributed by atoms with Crippen molar-refractivity contribution in [3.8, 4) is 0 Å². The van der Waals surface area contributed by atoms with Crippen molar-refractivity contribution in [2.75, 3.05) is 7.05 Å². The largest absolute Gasteiger partial charge is 0.444 e. The molecule has 0 heterocycles. The highest BCUT2D eigenvalue weighted by Gasteiger charge is 2.13. The van der Waals surface area contributed by atoms with Crippen molar-refractivity contribution in [1.29, 1.82) is 0 Å². The molecule has 0 fully saturated rings. The molecule has 118 valence electrons. The van der Waals surface area contributed by atoms with E-state index in [1.807, 2.05) is 66.7 Å². The van der Waals surface area contributed by atoms with Gasteiger partial charge >= 0.3 is 6.09 Å². The number of carbonyl (C=O) groups is 1. The van der Waals surface area contributed by atoms with Crippen LogP contribution in [0.5, 0.6) is 0 Å².